The van der Waals surface area contributed by atoms with Gasteiger partial charge in [-0.2, -0.15) is 0 Å². The van der Waals surface area contributed by atoms with Crippen LogP contribution in [0.3, 0.4) is 0 Å². The minimum Gasteiger partial charge on any atom is -0.368 e. The summed E-state index contributed by atoms with van der Waals surface area (Å²) in [7, 11) is 0. The first kappa shape index (κ1) is 25.1. The molecule has 1 saturated heterocycles. The minimum absolute atomic E-state index is 0.0632. The van der Waals surface area contributed by atoms with Crippen LogP contribution in [0.25, 0.3) is 0 Å². The van der Waals surface area contributed by atoms with Gasteiger partial charge >= 0.3 is 0 Å². The zero-order valence-electron chi connectivity index (χ0n) is 19.7. The van der Waals surface area contributed by atoms with Crippen LogP contribution in [0.4, 0.5) is 5.69 Å². The second-order valence-electron chi connectivity index (χ2n) is 8.10. The van der Waals surface area contributed by atoms with Crippen molar-refractivity contribution in [3.8, 4) is 0 Å². The lowest BCUT2D eigenvalue weighted by Gasteiger charge is -2.21. The largest absolute Gasteiger partial charge is 0.368 e. The highest BCUT2D eigenvalue weighted by atomic mass is 16.5. The summed E-state index contributed by atoms with van der Waals surface area (Å²) in [6.07, 6.45) is 3.68. The molecular weight excluding hydrogens is 390 g/mol. The molecule has 1 amide bonds. The fourth-order valence-corrected chi connectivity index (χ4v) is 3.71. The number of rotatable bonds is 12. The van der Waals surface area contributed by atoms with Crippen LogP contribution in [0.5, 0.6) is 0 Å². The molecule has 1 aliphatic heterocycles. The van der Waals surface area contributed by atoms with Crippen LogP contribution in [0.1, 0.15) is 58.9 Å². The van der Waals surface area contributed by atoms with E-state index in [-0.39, 0.29) is 12.0 Å². The fourth-order valence-electron chi connectivity index (χ4n) is 3.71. The number of aliphatic imine (C=N–C) groups is 1. The summed E-state index contributed by atoms with van der Waals surface area (Å²) in [6, 6.07) is 8.22. The molecule has 1 aromatic rings. The van der Waals surface area contributed by atoms with Gasteiger partial charge in [0.25, 0.3) is 5.91 Å². The van der Waals surface area contributed by atoms with Gasteiger partial charge in [0.15, 0.2) is 5.96 Å². The Kier molecular flexibility index (Phi) is 11.4. The third-order valence-electron chi connectivity index (χ3n) is 5.57. The molecule has 0 saturated carbocycles. The van der Waals surface area contributed by atoms with E-state index >= 15 is 0 Å². The number of nitrogens with zero attached hydrogens (tertiary/aromatic N) is 2. The molecule has 2 unspecified atom stereocenters. The van der Waals surface area contributed by atoms with E-state index in [2.05, 4.69) is 48.5 Å². The maximum atomic E-state index is 12.3. The van der Waals surface area contributed by atoms with E-state index in [1.807, 2.05) is 24.3 Å². The molecule has 2 rings (SSSR count). The lowest BCUT2D eigenvalue weighted by atomic mass is 10.1. The number of carbonyl (C=O) groups excluding carboxylic acids is 1. The Hall–Kier alpha value is -2.12. The first-order chi connectivity index (χ1) is 15.0. The molecule has 31 heavy (non-hydrogen) atoms. The zero-order chi connectivity index (χ0) is 22.5. The number of hydrogen-bond acceptors (Lipinski definition) is 4. The molecule has 2 atom stereocenters. The van der Waals surface area contributed by atoms with E-state index in [4.69, 9.17) is 9.73 Å². The number of anilines is 1. The van der Waals surface area contributed by atoms with Crippen molar-refractivity contribution in [1.29, 1.82) is 0 Å². The van der Waals surface area contributed by atoms with E-state index in [1.165, 1.54) is 6.42 Å². The van der Waals surface area contributed by atoms with Crippen molar-refractivity contribution >= 4 is 17.6 Å². The summed E-state index contributed by atoms with van der Waals surface area (Å²) in [5.41, 5.74) is 1.84. The third kappa shape index (κ3) is 9.27. The topological polar surface area (TPSA) is 78.0 Å². The number of hydrogen-bond donors (Lipinski definition) is 3. The highest BCUT2D eigenvalue weighted by Crippen LogP contribution is 2.16. The smallest absolute Gasteiger partial charge is 0.253 e. The van der Waals surface area contributed by atoms with Gasteiger partial charge in [-0.3, -0.25) is 4.79 Å². The number of benzene rings is 1. The van der Waals surface area contributed by atoms with Crippen molar-refractivity contribution in [3.05, 3.63) is 29.8 Å². The van der Waals surface area contributed by atoms with Crippen molar-refractivity contribution < 1.29 is 9.53 Å². The van der Waals surface area contributed by atoms with Crippen molar-refractivity contribution in [2.45, 2.75) is 72.1 Å². The predicted molar refractivity (Wildman–Crippen MR) is 128 cm³/mol. The molecule has 174 valence electrons. The Bertz CT molecular complexity index is 684. The predicted octanol–water partition coefficient (Wildman–Crippen LogP) is 3.37. The molecule has 7 heteroatoms. The SMILES string of the molecule is CCNC(=NCc1cccc(NC(=O)C2CCCO2)c1)NC(C)CCCN(CC)CC. The molecule has 1 heterocycles. The van der Waals surface area contributed by atoms with Gasteiger partial charge in [0.2, 0.25) is 0 Å². The second-order valence-corrected chi connectivity index (χ2v) is 8.10. The quantitative estimate of drug-likeness (QED) is 0.349. The molecule has 0 spiro atoms. The molecule has 1 aromatic carbocycles. The Labute approximate surface area is 188 Å². The van der Waals surface area contributed by atoms with Crippen LogP contribution < -0.4 is 16.0 Å². The van der Waals surface area contributed by atoms with E-state index in [1.54, 1.807) is 0 Å². The van der Waals surface area contributed by atoms with Crippen LogP contribution in [0, 0.1) is 0 Å². The van der Waals surface area contributed by atoms with Crippen LogP contribution >= 0.6 is 0 Å². The Morgan fingerprint density at radius 1 is 1.29 bits per heavy atom. The Balaban J connectivity index is 1.86. The van der Waals surface area contributed by atoms with Crippen molar-refractivity contribution in [1.82, 2.24) is 15.5 Å². The summed E-state index contributed by atoms with van der Waals surface area (Å²) >= 11 is 0. The lowest BCUT2D eigenvalue weighted by Crippen LogP contribution is -2.42. The van der Waals surface area contributed by atoms with Gasteiger partial charge in [0, 0.05) is 24.9 Å². The number of ether oxygens (including phenoxy) is 1. The van der Waals surface area contributed by atoms with E-state index in [9.17, 15) is 4.79 Å². The van der Waals surface area contributed by atoms with Crippen molar-refractivity contribution in [3.63, 3.8) is 0 Å². The molecule has 7 nitrogen and oxygen atoms in total. The maximum absolute atomic E-state index is 12.3. The number of carbonyl (C=O) groups is 1. The number of nitrogens with one attached hydrogen (secondary N) is 3. The zero-order valence-corrected chi connectivity index (χ0v) is 19.7. The molecular formula is C24H41N5O2. The van der Waals surface area contributed by atoms with Crippen LogP contribution in [-0.4, -0.2) is 61.7 Å². The average molecular weight is 432 g/mol. The van der Waals surface area contributed by atoms with Crippen molar-refractivity contribution in [2.75, 3.05) is 38.1 Å². The van der Waals surface area contributed by atoms with E-state index in [0.29, 0.717) is 19.2 Å². The normalized spacial score (nSPS) is 17.6. The molecule has 3 N–H and O–H groups in total. The fraction of sp³-hybridized carbons (Fsp3) is 0.667. The lowest BCUT2D eigenvalue weighted by molar-refractivity contribution is -0.124. The van der Waals surface area contributed by atoms with Gasteiger partial charge in [-0.05, 0) is 76.9 Å². The van der Waals surface area contributed by atoms with Gasteiger partial charge in [-0.15, -0.1) is 0 Å². The van der Waals surface area contributed by atoms with Gasteiger partial charge in [-0.25, -0.2) is 4.99 Å². The molecule has 1 aliphatic rings. The Morgan fingerprint density at radius 3 is 2.77 bits per heavy atom. The maximum Gasteiger partial charge on any atom is 0.253 e. The second kappa shape index (κ2) is 14.0. The summed E-state index contributed by atoms with van der Waals surface area (Å²) in [5, 5.41) is 9.81. The molecule has 0 radical (unpaired) electrons. The molecule has 0 aliphatic carbocycles. The highest BCUT2D eigenvalue weighted by Gasteiger charge is 2.23. The summed E-state index contributed by atoms with van der Waals surface area (Å²) in [4.78, 5) is 19.5. The third-order valence-corrected chi connectivity index (χ3v) is 5.57. The van der Waals surface area contributed by atoms with Crippen LogP contribution in [0.2, 0.25) is 0 Å². The standard InChI is InChI=1S/C24H41N5O2/c1-5-25-24(27-19(4)11-9-15-29(6-2)7-3)26-18-20-12-8-13-21(17-20)28-23(30)22-14-10-16-31-22/h8,12-13,17,19,22H,5-7,9-11,14-16,18H2,1-4H3,(H,28,30)(H2,25,26,27). The monoisotopic (exact) mass is 431 g/mol. The van der Waals surface area contributed by atoms with Gasteiger partial charge in [-0.1, -0.05) is 26.0 Å². The molecule has 0 bridgehead atoms. The van der Waals surface area contributed by atoms with E-state index < -0.39 is 0 Å². The average Bonchev–Trinajstić information content (AvgIpc) is 3.31. The number of guanidine groups is 1. The van der Waals surface area contributed by atoms with Crippen LogP contribution in [-0.2, 0) is 16.1 Å². The number of amides is 1. The van der Waals surface area contributed by atoms with Crippen LogP contribution in [0.15, 0.2) is 29.3 Å². The summed E-state index contributed by atoms with van der Waals surface area (Å²) in [6.45, 7) is 14.1. The summed E-state index contributed by atoms with van der Waals surface area (Å²) in [5.74, 6) is 0.762. The molecule has 0 aromatic heterocycles. The van der Waals surface area contributed by atoms with Gasteiger partial charge in [0.1, 0.15) is 6.10 Å². The van der Waals surface area contributed by atoms with Crippen molar-refractivity contribution in [2.24, 2.45) is 4.99 Å². The Morgan fingerprint density at radius 2 is 2.10 bits per heavy atom. The first-order valence-corrected chi connectivity index (χ1v) is 11.8. The minimum atomic E-state index is -0.325. The first-order valence-electron chi connectivity index (χ1n) is 11.8. The van der Waals surface area contributed by atoms with Gasteiger partial charge < -0.3 is 25.6 Å². The van der Waals surface area contributed by atoms with E-state index in [0.717, 1.165) is 62.7 Å². The van der Waals surface area contributed by atoms with Gasteiger partial charge in [0.05, 0.1) is 6.54 Å². The highest BCUT2D eigenvalue weighted by molar-refractivity contribution is 5.94. The molecule has 1 fully saturated rings. The summed E-state index contributed by atoms with van der Waals surface area (Å²) < 4.78 is 5.46.